The van der Waals surface area contributed by atoms with E-state index in [1.54, 1.807) is 7.11 Å². The largest absolute Gasteiger partial charge is 0.383 e. The lowest BCUT2D eigenvalue weighted by Gasteiger charge is -2.15. The van der Waals surface area contributed by atoms with Gasteiger partial charge >= 0.3 is 0 Å². The molecule has 1 aliphatic rings. The Morgan fingerprint density at radius 2 is 2.41 bits per heavy atom. The fraction of sp³-hybridized carbons (Fsp3) is 0.769. The van der Waals surface area contributed by atoms with E-state index in [4.69, 9.17) is 4.74 Å². The van der Waals surface area contributed by atoms with Crippen LogP contribution in [0.4, 0.5) is 0 Å². The summed E-state index contributed by atoms with van der Waals surface area (Å²) in [6, 6.07) is 0.659. The van der Waals surface area contributed by atoms with E-state index in [1.165, 1.54) is 25.0 Å². The van der Waals surface area contributed by atoms with Gasteiger partial charge < -0.3 is 14.6 Å². The van der Waals surface area contributed by atoms with Crippen molar-refractivity contribution in [1.29, 1.82) is 0 Å². The smallest absolute Gasteiger partial charge is 0.0951 e. The zero-order chi connectivity index (χ0) is 12.1. The average Bonchev–Trinajstić information content (AvgIpc) is 2.93. The van der Waals surface area contributed by atoms with Gasteiger partial charge in [0.05, 0.1) is 18.6 Å². The van der Waals surface area contributed by atoms with E-state index in [9.17, 15) is 0 Å². The van der Waals surface area contributed by atoms with Crippen molar-refractivity contribution in [3.8, 4) is 0 Å². The summed E-state index contributed by atoms with van der Waals surface area (Å²) in [5.74, 6) is 0.858. The Hall–Kier alpha value is -0.870. The maximum absolute atomic E-state index is 5.02. The Morgan fingerprint density at radius 3 is 3.12 bits per heavy atom. The van der Waals surface area contributed by atoms with Crippen LogP contribution in [-0.4, -0.2) is 29.8 Å². The minimum absolute atomic E-state index is 0.659. The summed E-state index contributed by atoms with van der Waals surface area (Å²) in [6.45, 7) is 4.87. The topological polar surface area (TPSA) is 39.1 Å². The Bertz CT molecular complexity index is 337. The standard InChI is InChI=1S/C13H23N3O/c1-11-3-4-12(7-11)16-10-15-9-13(16)8-14-5-6-17-2/h9-12,14H,3-8H2,1-2H3. The van der Waals surface area contributed by atoms with Crippen LogP contribution in [0, 0.1) is 5.92 Å². The van der Waals surface area contributed by atoms with Crippen molar-refractivity contribution < 1.29 is 4.74 Å². The second-order valence-electron chi connectivity index (χ2n) is 5.03. The van der Waals surface area contributed by atoms with Crippen LogP contribution in [0.15, 0.2) is 12.5 Å². The first-order chi connectivity index (χ1) is 8.31. The highest BCUT2D eigenvalue weighted by Crippen LogP contribution is 2.34. The number of hydrogen-bond donors (Lipinski definition) is 1. The van der Waals surface area contributed by atoms with Gasteiger partial charge in [-0.2, -0.15) is 0 Å². The molecule has 1 aromatic heterocycles. The molecule has 0 aliphatic heterocycles. The van der Waals surface area contributed by atoms with Crippen LogP contribution in [0.3, 0.4) is 0 Å². The van der Waals surface area contributed by atoms with Gasteiger partial charge in [-0.15, -0.1) is 0 Å². The first kappa shape index (κ1) is 12.6. The molecule has 2 atom stereocenters. The number of methoxy groups -OCH3 is 1. The number of imidazole rings is 1. The normalized spacial score (nSPS) is 24.4. The van der Waals surface area contributed by atoms with E-state index in [0.29, 0.717) is 6.04 Å². The lowest BCUT2D eigenvalue weighted by atomic mass is 10.1. The van der Waals surface area contributed by atoms with Gasteiger partial charge in [0.25, 0.3) is 0 Å². The minimum Gasteiger partial charge on any atom is -0.383 e. The molecule has 0 aromatic carbocycles. The molecule has 4 heteroatoms. The van der Waals surface area contributed by atoms with Gasteiger partial charge in [0.2, 0.25) is 0 Å². The van der Waals surface area contributed by atoms with Gasteiger partial charge in [-0.25, -0.2) is 4.98 Å². The summed E-state index contributed by atoms with van der Waals surface area (Å²) in [6.07, 6.45) is 7.89. The lowest BCUT2D eigenvalue weighted by molar-refractivity contribution is 0.199. The molecule has 1 saturated carbocycles. The fourth-order valence-corrected chi connectivity index (χ4v) is 2.62. The van der Waals surface area contributed by atoms with E-state index < -0.39 is 0 Å². The van der Waals surface area contributed by atoms with Crippen molar-refractivity contribution >= 4 is 0 Å². The van der Waals surface area contributed by atoms with Crippen LogP contribution >= 0.6 is 0 Å². The van der Waals surface area contributed by atoms with E-state index in [0.717, 1.165) is 25.6 Å². The third kappa shape index (κ3) is 3.30. The lowest BCUT2D eigenvalue weighted by Crippen LogP contribution is -2.21. The van der Waals surface area contributed by atoms with Crippen molar-refractivity contribution in [3.05, 3.63) is 18.2 Å². The SMILES string of the molecule is COCCNCc1cncn1C1CCC(C)C1. The zero-order valence-electron chi connectivity index (χ0n) is 10.9. The average molecular weight is 237 g/mol. The predicted molar refractivity (Wildman–Crippen MR) is 67.9 cm³/mol. The van der Waals surface area contributed by atoms with Crippen molar-refractivity contribution in [3.63, 3.8) is 0 Å². The Balaban J connectivity index is 1.88. The summed E-state index contributed by atoms with van der Waals surface area (Å²) in [7, 11) is 1.73. The molecule has 1 heterocycles. The van der Waals surface area contributed by atoms with Crippen molar-refractivity contribution in [2.45, 2.75) is 38.8 Å². The monoisotopic (exact) mass is 237 g/mol. The van der Waals surface area contributed by atoms with Crippen molar-refractivity contribution in [2.75, 3.05) is 20.3 Å². The number of aromatic nitrogens is 2. The summed E-state index contributed by atoms with van der Waals surface area (Å²) < 4.78 is 7.37. The fourth-order valence-electron chi connectivity index (χ4n) is 2.62. The van der Waals surface area contributed by atoms with Gasteiger partial charge in [-0.05, 0) is 25.2 Å². The zero-order valence-corrected chi connectivity index (χ0v) is 10.9. The molecule has 1 aliphatic carbocycles. The van der Waals surface area contributed by atoms with E-state index in [1.807, 2.05) is 12.5 Å². The number of nitrogens with zero attached hydrogens (tertiary/aromatic N) is 2. The molecule has 0 spiro atoms. The summed E-state index contributed by atoms with van der Waals surface area (Å²) in [5, 5.41) is 3.38. The highest BCUT2D eigenvalue weighted by molar-refractivity contribution is 5.01. The van der Waals surface area contributed by atoms with Gasteiger partial charge in [0.1, 0.15) is 0 Å². The van der Waals surface area contributed by atoms with E-state index in [-0.39, 0.29) is 0 Å². The molecule has 2 unspecified atom stereocenters. The highest BCUT2D eigenvalue weighted by atomic mass is 16.5. The molecule has 0 amide bonds. The maximum atomic E-state index is 5.02. The summed E-state index contributed by atoms with van der Waals surface area (Å²) in [4.78, 5) is 4.28. The maximum Gasteiger partial charge on any atom is 0.0951 e. The molecule has 4 nitrogen and oxygen atoms in total. The number of ether oxygens (including phenoxy) is 1. The summed E-state index contributed by atoms with van der Waals surface area (Å²) in [5.41, 5.74) is 1.29. The Labute approximate surface area is 103 Å². The number of nitrogens with one attached hydrogen (secondary N) is 1. The Morgan fingerprint density at radius 1 is 1.53 bits per heavy atom. The van der Waals surface area contributed by atoms with Crippen LogP contribution in [0.25, 0.3) is 0 Å². The molecule has 96 valence electrons. The molecule has 0 bridgehead atoms. The van der Waals surface area contributed by atoms with Gasteiger partial charge in [-0.1, -0.05) is 6.92 Å². The number of rotatable bonds is 6. The van der Waals surface area contributed by atoms with Crippen LogP contribution in [-0.2, 0) is 11.3 Å². The van der Waals surface area contributed by atoms with Crippen LogP contribution in [0.2, 0.25) is 0 Å². The first-order valence-electron chi connectivity index (χ1n) is 6.51. The second kappa shape index (κ2) is 6.17. The molecular weight excluding hydrogens is 214 g/mol. The van der Waals surface area contributed by atoms with Crippen molar-refractivity contribution in [2.24, 2.45) is 5.92 Å². The minimum atomic E-state index is 0.659. The van der Waals surface area contributed by atoms with Gasteiger partial charge in [0, 0.05) is 32.4 Å². The van der Waals surface area contributed by atoms with Gasteiger partial charge in [0.15, 0.2) is 0 Å². The molecule has 1 aromatic rings. The molecule has 2 rings (SSSR count). The molecule has 0 radical (unpaired) electrons. The van der Waals surface area contributed by atoms with Crippen LogP contribution in [0.1, 0.15) is 37.9 Å². The molecule has 1 N–H and O–H groups in total. The first-order valence-corrected chi connectivity index (χ1v) is 6.51. The van der Waals surface area contributed by atoms with Crippen LogP contribution in [0.5, 0.6) is 0 Å². The highest BCUT2D eigenvalue weighted by Gasteiger charge is 2.23. The molecule has 17 heavy (non-hydrogen) atoms. The van der Waals surface area contributed by atoms with E-state index in [2.05, 4.69) is 21.8 Å². The van der Waals surface area contributed by atoms with E-state index >= 15 is 0 Å². The number of hydrogen-bond acceptors (Lipinski definition) is 3. The molecule has 0 saturated heterocycles. The second-order valence-corrected chi connectivity index (χ2v) is 5.03. The molecular formula is C13H23N3O. The van der Waals surface area contributed by atoms with Gasteiger partial charge in [-0.3, -0.25) is 0 Å². The molecule has 1 fully saturated rings. The summed E-state index contributed by atoms with van der Waals surface area (Å²) >= 11 is 0. The third-order valence-electron chi connectivity index (χ3n) is 3.60. The predicted octanol–water partition coefficient (Wildman–Crippen LogP) is 1.98. The third-order valence-corrected chi connectivity index (χ3v) is 3.60. The van der Waals surface area contributed by atoms with Crippen molar-refractivity contribution in [1.82, 2.24) is 14.9 Å². The van der Waals surface area contributed by atoms with Crippen LogP contribution < -0.4 is 5.32 Å². The quantitative estimate of drug-likeness (QED) is 0.769. The Kier molecular flexibility index (Phi) is 4.57.